The van der Waals surface area contributed by atoms with Crippen LogP contribution in [0.3, 0.4) is 0 Å². The molecule has 0 amide bonds. The molecule has 0 saturated carbocycles. The number of fused-ring (bicyclic) bond motifs is 4. The molecule has 3 fully saturated rings. The number of β-amino-alcohol motifs (C(OH)–C–C–N with tert-alkyl or cyclic N) is 1. The molecule has 2 aromatic heterocycles. The number of terminal acetylenes is 1. The predicted molar refractivity (Wildman–Crippen MR) is 174 cm³/mol. The molecule has 0 radical (unpaired) electrons. The van der Waals surface area contributed by atoms with E-state index >= 15 is 4.39 Å². The molecule has 2 bridgehead atoms. The smallest absolute Gasteiger partial charge is 0.249 e. The van der Waals surface area contributed by atoms with E-state index in [1.54, 1.807) is 25.2 Å². The van der Waals surface area contributed by atoms with Crippen LogP contribution in [0.15, 0.2) is 59.1 Å². The zero-order chi connectivity index (χ0) is 32.4. The van der Waals surface area contributed by atoms with E-state index in [-0.39, 0.29) is 22.7 Å². The summed E-state index contributed by atoms with van der Waals surface area (Å²) in [6.07, 6.45) is 20.8. The van der Waals surface area contributed by atoms with Gasteiger partial charge in [-0.3, -0.25) is 9.82 Å². The van der Waals surface area contributed by atoms with Gasteiger partial charge in [0, 0.05) is 37.4 Å². The molecule has 0 spiro atoms. The topological polar surface area (TPSA) is 86.6 Å². The van der Waals surface area contributed by atoms with Crippen molar-refractivity contribution in [3.05, 3.63) is 70.6 Å². The molecule has 5 aliphatic rings. The minimum Gasteiger partial charge on any atom is -0.388 e. The van der Waals surface area contributed by atoms with E-state index in [1.807, 2.05) is 11.0 Å². The fourth-order valence-electron chi connectivity index (χ4n) is 7.03. The molecule has 5 heterocycles. The molecule has 7 rings (SSSR count). The average Bonchev–Trinajstić information content (AvgIpc) is 3.32. The number of nitrogens with zero attached hydrogens (tertiary/aromatic N) is 5. The van der Waals surface area contributed by atoms with Crippen molar-refractivity contribution in [2.45, 2.75) is 69.7 Å². The second-order valence-corrected chi connectivity index (χ2v) is 12.7. The van der Waals surface area contributed by atoms with E-state index < -0.39 is 23.4 Å². The molecular formula is C35H39F3N6O2. The van der Waals surface area contributed by atoms with Gasteiger partial charge < -0.3 is 14.9 Å². The third-order valence-electron chi connectivity index (χ3n) is 9.25. The Balaban J connectivity index is 0.000000314. The summed E-state index contributed by atoms with van der Waals surface area (Å²) in [6.45, 7) is 4.94. The van der Waals surface area contributed by atoms with Crippen LogP contribution in [0.1, 0.15) is 57.6 Å². The monoisotopic (exact) mass is 632 g/mol. The summed E-state index contributed by atoms with van der Waals surface area (Å²) in [5.41, 5.74) is 3.46. The van der Waals surface area contributed by atoms with Crippen LogP contribution in [0.2, 0.25) is 0 Å². The molecule has 3 atom stereocenters. The summed E-state index contributed by atoms with van der Waals surface area (Å²) in [5.74, 6) is 1.67. The van der Waals surface area contributed by atoms with Gasteiger partial charge in [-0.25, -0.2) is 23.6 Å². The Morgan fingerprint density at radius 1 is 1.13 bits per heavy atom. The maximum absolute atomic E-state index is 16.2. The van der Waals surface area contributed by atoms with E-state index in [1.165, 1.54) is 38.8 Å². The van der Waals surface area contributed by atoms with Crippen LogP contribution in [-0.4, -0.2) is 76.1 Å². The highest BCUT2D eigenvalue weighted by atomic mass is 19.1. The van der Waals surface area contributed by atoms with Crippen molar-refractivity contribution < 1.29 is 23.1 Å². The Morgan fingerprint density at radius 2 is 1.98 bits per heavy atom. The van der Waals surface area contributed by atoms with E-state index in [4.69, 9.17) is 11.3 Å². The molecule has 2 unspecified atom stereocenters. The number of piperidine rings is 2. The Bertz CT molecular complexity index is 1710. The van der Waals surface area contributed by atoms with Gasteiger partial charge in [0.25, 0.3) is 0 Å². The zero-order valence-electron chi connectivity index (χ0n) is 26.2. The Hall–Kier alpha value is -3.98. The minimum atomic E-state index is -0.909. The summed E-state index contributed by atoms with van der Waals surface area (Å²) in [4.78, 5) is 22.6. The van der Waals surface area contributed by atoms with E-state index in [0.717, 1.165) is 31.4 Å². The number of hydrogen-bond donors (Lipinski definition) is 2. The Kier molecular flexibility index (Phi) is 9.32. The number of hydrogen-bond acceptors (Lipinski definition) is 8. The largest absolute Gasteiger partial charge is 0.388 e. The summed E-state index contributed by atoms with van der Waals surface area (Å²) in [6, 6.07) is 0.601. The average molecular weight is 633 g/mol. The van der Waals surface area contributed by atoms with Crippen LogP contribution >= 0.6 is 0 Å². The summed E-state index contributed by atoms with van der Waals surface area (Å²) in [7, 11) is 1.41. The van der Waals surface area contributed by atoms with Crippen molar-refractivity contribution in [2.75, 3.05) is 43.7 Å². The second kappa shape index (κ2) is 13.4. The molecule has 8 nitrogen and oxygen atoms in total. The van der Waals surface area contributed by atoms with Crippen molar-refractivity contribution in [3.8, 4) is 12.3 Å². The number of nitrogens with one attached hydrogen (secondary N) is 1. The highest BCUT2D eigenvalue weighted by Crippen LogP contribution is 2.40. The van der Waals surface area contributed by atoms with Gasteiger partial charge >= 0.3 is 0 Å². The number of aliphatic hydroxyl groups is 1. The van der Waals surface area contributed by atoms with Gasteiger partial charge in [-0.15, -0.1) is 6.42 Å². The molecule has 11 heteroatoms. The van der Waals surface area contributed by atoms with E-state index in [9.17, 15) is 13.9 Å². The lowest BCUT2D eigenvalue weighted by atomic mass is 9.92. The Morgan fingerprint density at radius 3 is 2.76 bits per heavy atom. The highest BCUT2D eigenvalue weighted by Gasteiger charge is 2.33. The van der Waals surface area contributed by atoms with Crippen LogP contribution in [0.5, 0.6) is 0 Å². The van der Waals surface area contributed by atoms with Crippen LogP contribution in [0.25, 0.3) is 16.5 Å². The number of pyridine rings is 1. The van der Waals surface area contributed by atoms with Crippen molar-refractivity contribution >= 4 is 28.2 Å². The lowest BCUT2D eigenvalue weighted by molar-refractivity contribution is 0.0448. The lowest BCUT2D eigenvalue weighted by Crippen LogP contribution is -2.46. The van der Waals surface area contributed by atoms with Gasteiger partial charge in [0.2, 0.25) is 5.95 Å². The maximum Gasteiger partial charge on any atom is 0.249 e. The van der Waals surface area contributed by atoms with Crippen LogP contribution in [-0.2, 0) is 4.84 Å². The molecule has 3 aliphatic heterocycles. The lowest BCUT2D eigenvalue weighted by Gasteiger charge is -2.38. The molecule has 2 N–H and O–H groups in total. The van der Waals surface area contributed by atoms with Gasteiger partial charge in [0.05, 0.1) is 23.7 Å². The second-order valence-electron chi connectivity index (χ2n) is 12.7. The van der Waals surface area contributed by atoms with Crippen LogP contribution in [0, 0.1) is 18.2 Å². The normalized spacial score (nSPS) is 26.2. The van der Waals surface area contributed by atoms with Gasteiger partial charge in [0.1, 0.15) is 29.0 Å². The fourth-order valence-corrected chi connectivity index (χ4v) is 7.03. The highest BCUT2D eigenvalue weighted by molar-refractivity contribution is 5.94. The molecule has 0 aromatic carbocycles. The number of anilines is 2. The van der Waals surface area contributed by atoms with Crippen molar-refractivity contribution in [1.29, 1.82) is 0 Å². The van der Waals surface area contributed by atoms with Gasteiger partial charge in [-0.05, 0) is 75.6 Å². The van der Waals surface area contributed by atoms with Gasteiger partial charge in [0.15, 0.2) is 5.82 Å². The third kappa shape index (κ3) is 6.61. The summed E-state index contributed by atoms with van der Waals surface area (Å²) >= 11 is 0. The molecule has 2 aliphatic carbocycles. The standard InChI is InChI=1S/C27H25F2N5O2.C8H14FN/c1-4-17-19-13-16(9-10-21(17)28)7-5-8-18(19)23-22(29)24-20(14-30-23)25(32-26(31-24)33-36-3)34-12-6-11-27(2,35)15-34;9-7-3-5-10-4-1-2-8(10)6-7/h1,5,7-10,14,35H,6,11-13,15H2,2-3H3,(H,31,32,33);7-8H,1-6H2/t27-;/m1./s1. The molecule has 46 heavy (non-hydrogen) atoms. The number of alkyl halides is 1. The minimum absolute atomic E-state index is 0.00417. The van der Waals surface area contributed by atoms with Gasteiger partial charge in [-0.2, -0.15) is 4.98 Å². The first-order chi connectivity index (χ1) is 22.2. The summed E-state index contributed by atoms with van der Waals surface area (Å²) in [5, 5.41) is 11.0. The van der Waals surface area contributed by atoms with Crippen LogP contribution < -0.4 is 10.4 Å². The first-order valence-electron chi connectivity index (χ1n) is 15.8. The van der Waals surface area contributed by atoms with Crippen LogP contribution in [0.4, 0.5) is 24.9 Å². The Labute approximate surface area is 267 Å². The molecule has 2 aromatic rings. The summed E-state index contributed by atoms with van der Waals surface area (Å²) < 4.78 is 43.8. The first-order valence-corrected chi connectivity index (χ1v) is 15.8. The number of halogens is 3. The molecule has 242 valence electrons. The van der Waals surface area contributed by atoms with Crippen molar-refractivity contribution in [1.82, 2.24) is 19.9 Å². The number of allylic oxidation sites excluding steroid dienone is 10. The van der Waals surface area contributed by atoms with Crippen molar-refractivity contribution in [2.24, 2.45) is 0 Å². The SMILES string of the molecule is C#CC1=C2CC(=CC=C1F)C=CC=C2c1ncc2c(N3CCC[C@@](C)(O)C3)nc(NOC)nc2c1F.FC1CCN2CCCC2C1. The molecular weight excluding hydrogens is 593 g/mol. The van der Waals surface area contributed by atoms with E-state index in [0.29, 0.717) is 54.3 Å². The number of rotatable bonds is 4. The van der Waals surface area contributed by atoms with E-state index in [2.05, 4.69) is 31.3 Å². The quantitative estimate of drug-likeness (QED) is 0.307. The predicted octanol–water partition coefficient (Wildman–Crippen LogP) is 6.14. The fraction of sp³-hybridized carbons (Fsp3) is 0.457. The zero-order valence-corrected chi connectivity index (χ0v) is 26.2. The molecule has 3 saturated heterocycles. The van der Waals surface area contributed by atoms with Crippen molar-refractivity contribution in [3.63, 3.8) is 0 Å². The maximum atomic E-state index is 16.2. The third-order valence-corrected chi connectivity index (χ3v) is 9.25. The van der Waals surface area contributed by atoms with Gasteiger partial charge in [-0.1, -0.05) is 30.2 Å². The number of aromatic nitrogens is 3. The first kappa shape index (κ1) is 32.0.